The lowest BCUT2D eigenvalue weighted by molar-refractivity contribution is 0.411. The molecule has 0 amide bonds. The maximum absolute atomic E-state index is 13.5. The molecular formula is C25H25N3O2. The third-order valence-electron chi connectivity index (χ3n) is 5.22. The van der Waals surface area contributed by atoms with Gasteiger partial charge in [-0.1, -0.05) is 54.6 Å². The van der Waals surface area contributed by atoms with Gasteiger partial charge in [0, 0.05) is 0 Å². The summed E-state index contributed by atoms with van der Waals surface area (Å²) in [5.41, 5.74) is 2.55. The zero-order valence-electron chi connectivity index (χ0n) is 17.2. The first kappa shape index (κ1) is 19.9. The summed E-state index contributed by atoms with van der Waals surface area (Å²) in [6, 6.07) is 25.2. The molecule has 0 aliphatic carbocycles. The van der Waals surface area contributed by atoms with Crippen molar-refractivity contribution in [2.24, 2.45) is 0 Å². The molecule has 1 aromatic heterocycles. The van der Waals surface area contributed by atoms with Gasteiger partial charge in [0.25, 0.3) is 5.56 Å². The highest BCUT2D eigenvalue weighted by Gasteiger charge is 2.19. The van der Waals surface area contributed by atoms with Gasteiger partial charge >= 0.3 is 0 Å². The second kappa shape index (κ2) is 8.93. The molecule has 4 rings (SSSR count). The van der Waals surface area contributed by atoms with Crippen LogP contribution in [0.2, 0.25) is 0 Å². The third-order valence-corrected chi connectivity index (χ3v) is 5.22. The molecule has 3 aromatic carbocycles. The van der Waals surface area contributed by atoms with Crippen LogP contribution in [0.5, 0.6) is 5.75 Å². The van der Waals surface area contributed by atoms with E-state index in [2.05, 4.69) is 17.4 Å². The Hall–Kier alpha value is -3.44. The number of nitrogens with zero attached hydrogens (tertiary/aromatic N) is 2. The van der Waals surface area contributed by atoms with E-state index in [9.17, 15) is 4.79 Å². The summed E-state index contributed by atoms with van der Waals surface area (Å²) in [5, 5.41) is 4.11. The second-order valence-corrected chi connectivity index (χ2v) is 7.21. The van der Waals surface area contributed by atoms with Gasteiger partial charge in [0.1, 0.15) is 11.6 Å². The van der Waals surface area contributed by atoms with Crippen LogP contribution in [0, 0.1) is 0 Å². The van der Waals surface area contributed by atoms with Crippen molar-refractivity contribution >= 4 is 10.9 Å². The Morgan fingerprint density at radius 1 is 0.967 bits per heavy atom. The van der Waals surface area contributed by atoms with Crippen LogP contribution >= 0.6 is 0 Å². The fourth-order valence-corrected chi connectivity index (χ4v) is 3.66. The SMILES string of the molecule is COc1ccccc1-n1c([C@@H](C)NCCc2ccccc2)nc2ccccc2c1=O. The molecule has 0 aliphatic heterocycles. The van der Waals surface area contributed by atoms with E-state index in [-0.39, 0.29) is 11.6 Å². The number of fused-ring (bicyclic) bond motifs is 1. The molecular weight excluding hydrogens is 374 g/mol. The summed E-state index contributed by atoms with van der Waals surface area (Å²) in [5.74, 6) is 1.30. The van der Waals surface area contributed by atoms with Gasteiger partial charge < -0.3 is 10.1 Å². The maximum atomic E-state index is 13.5. The van der Waals surface area contributed by atoms with E-state index in [1.54, 1.807) is 11.7 Å². The number of rotatable bonds is 7. The van der Waals surface area contributed by atoms with Crippen molar-refractivity contribution in [3.05, 3.63) is 101 Å². The van der Waals surface area contributed by atoms with Gasteiger partial charge in [0.05, 0.1) is 29.7 Å². The molecule has 5 heteroatoms. The van der Waals surface area contributed by atoms with Gasteiger partial charge in [-0.3, -0.25) is 9.36 Å². The van der Waals surface area contributed by atoms with Crippen LogP contribution in [0.15, 0.2) is 83.7 Å². The molecule has 30 heavy (non-hydrogen) atoms. The molecule has 5 nitrogen and oxygen atoms in total. The van der Waals surface area contributed by atoms with Crippen LogP contribution < -0.4 is 15.6 Å². The van der Waals surface area contributed by atoms with E-state index >= 15 is 0 Å². The van der Waals surface area contributed by atoms with Crippen molar-refractivity contribution in [1.82, 2.24) is 14.9 Å². The van der Waals surface area contributed by atoms with Gasteiger partial charge in [-0.05, 0) is 49.7 Å². The molecule has 4 aromatic rings. The van der Waals surface area contributed by atoms with Crippen LogP contribution in [0.1, 0.15) is 24.4 Å². The van der Waals surface area contributed by atoms with Gasteiger partial charge in [-0.25, -0.2) is 4.98 Å². The standard InChI is InChI=1S/C25H25N3O2/c1-18(26-17-16-19-10-4-3-5-11-19)24-27-21-13-7-6-12-20(21)25(29)28(24)22-14-8-9-15-23(22)30-2/h3-15,18,26H,16-17H2,1-2H3/t18-/m1/s1. The molecule has 0 unspecified atom stereocenters. The Morgan fingerprint density at radius 3 is 2.47 bits per heavy atom. The zero-order valence-corrected chi connectivity index (χ0v) is 17.2. The minimum absolute atomic E-state index is 0.100. The van der Waals surface area contributed by atoms with Crippen LogP contribution in [0.25, 0.3) is 16.6 Å². The summed E-state index contributed by atoms with van der Waals surface area (Å²) in [6.07, 6.45) is 0.900. The molecule has 1 atom stereocenters. The molecule has 0 saturated carbocycles. The van der Waals surface area contributed by atoms with Gasteiger partial charge in [0.15, 0.2) is 0 Å². The highest BCUT2D eigenvalue weighted by molar-refractivity contribution is 5.78. The molecule has 1 heterocycles. The van der Waals surface area contributed by atoms with Crippen molar-refractivity contribution in [2.45, 2.75) is 19.4 Å². The Morgan fingerprint density at radius 2 is 1.67 bits per heavy atom. The van der Waals surface area contributed by atoms with E-state index in [0.717, 1.165) is 13.0 Å². The van der Waals surface area contributed by atoms with Crippen molar-refractivity contribution < 1.29 is 4.74 Å². The lowest BCUT2D eigenvalue weighted by Crippen LogP contribution is -2.31. The number of hydrogen-bond acceptors (Lipinski definition) is 4. The Labute approximate surface area is 176 Å². The first-order valence-electron chi connectivity index (χ1n) is 10.1. The largest absolute Gasteiger partial charge is 0.495 e. The van der Waals surface area contributed by atoms with Crippen LogP contribution in [0.3, 0.4) is 0 Å². The normalized spacial score (nSPS) is 12.1. The van der Waals surface area contributed by atoms with E-state index in [1.807, 2.05) is 73.7 Å². The predicted molar refractivity (Wildman–Crippen MR) is 120 cm³/mol. The highest BCUT2D eigenvalue weighted by Crippen LogP contribution is 2.25. The Balaban J connectivity index is 1.75. The van der Waals surface area contributed by atoms with E-state index < -0.39 is 0 Å². The van der Waals surface area contributed by atoms with Crippen molar-refractivity contribution in [2.75, 3.05) is 13.7 Å². The number of aromatic nitrogens is 2. The number of para-hydroxylation sites is 3. The topological polar surface area (TPSA) is 56.1 Å². The average Bonchev–Trinajstić information content (AvgIpc) is 2.79. The fourth-order valence-electron chi connectivity index (χ4n) is 3.66. The molecule has 1 N–H and O–H groups in total. The van der Waals surface area contributed by atoms with Crippen molar-refractivity contribution in [3.8, 4) is 11.4 Å². The minimum atomic E-state index is -0.129. The molecule has 152 valence electrons. The third kappa shape index (κ3) is 3.98. The van der Waals surface area contributed by atoms with Crippen LogP contribution in [-0.4, -0.2) is 23.2 Å². The smallest absolute Gasteiger partial charge is 0.266 e. The molecule has 0 spiro atoms. The maximum Gasteiger partial charge on any atom is 0.266 e. The monoisotopic (exact) mass is 399 g/mol. The predicted octanol–water partition coefficient (Wildman–Crippen LogP) is 4.29. The molecule has 0 bridgehead atoms. The summed E-state index contributed by atoms with van der Waals surface area (Å²) in [4.78, 5) is 18.3. The average molecular weight is 399 g/mol. The van der Waals surface area contributed by atoms with Crippen molar-refractivity contribution in [3.63, 3.8) is 0 Å². The quantitative estimate of drug-likeness (QED) is 0.504. The summed E-state index contributed by atoms with van der Waals surface area (Å²) in [7, 11) is 1.61. The number of methoxy groups -OCH3 is 1. The first-order chi connectivity index (χ1) is 14.7. The number of hydrogen-bond donors (Lipinski definition) is 1. The van der Waals surface area contributed by atoms with E-state index in [4.69, 9.17) is 9.72 Å². The highest BCUT2D eigenvalue weighted by atomic mass is 16.5. The summed E-state index contributed by atoms with van der Waals surface area (Å²) < 4.78 is 7.20. The zero-order chi connectivity index (χ0) is 20.9. The number of benzene rings is 3. The molecule has 0 radical (unpaired) electrons. The minimum Gasteiger partial charge on any atom is -0.495 e. The van der Waals surface area contributed by atoms with Crippen molar-refractivity contribution in [1.29, 1.82) is 0 Å². The van der Waals surface area contributed by atoms with Gasteiger partial charge in [-0.2, -0.15) is 0 Å². The molecule has 0 fully saturated rings. The number of nitrogens with one attached hydrogen (secondary N) is 1. The van der Waals surface area contributed by atoms with E-state index in [1.165, 1.54) is 5.56 Å². The number of ether oxygens (including phenoxy) is 1. The lowest BCUT2D eigenvalue weighted by Gasteiger charge is -2.21. The molecule has 0 aliphatic rings. The second-order valence-electron chi connectivity index (χ2n) is 7.21. The molecule has 0 saturated heterocycles. The lowest BCUT2D eigenvalue weighted by atomic mass is 10.1. The first-order valence-corrected chi connectivity index (χ1v) is 10.1. The van der Waals surface area contributed by atoms with Gasteiger partial charge in [-0.15, -0.1) is 0 Å². The summed E-state index contributed by atoms with van der Waals surface area (Å²) in [6.45, 7) is 2.81. The van der Waals surface area contributed by atoms with Gasteiger partial charge in [0.2, 0.25) is 0 Å². The van der Waals surface area contributed by atoms with Crippen LogP contribution in [0.4, 0.5) is 0 Å². The fraction of sp³-hybridized carbons (Fsp3) is 0.200. The Kier molecular flexibility index (Phi) is 5.91. The summed E-state index contributed by atoms with van der Waals surface area (Å²) >= 11 is 0. The van der Waals surface area contributed by atoms with Crippen LogP contribution in [-0.2, 0) is 6.42 Å². The Bertz CT molecular complexity index is 1200. The van der Waals surface area contributed by atoms with E-state index in [0.29, 0.717) is 28.2 Å².